The predicted octanol–water partition coefficient (Wildman–Crippen LogP) is 5.08. The molecule has 5 rings (SSSR count). The van der Waals surface area contributed by atoms with Gasteiger partial charge in [-0.3, -0.25) is 14.5 Å². The summed E-state index contributed by atoms with van der Waals surface area (Å²) in [5, 5.41) is 2.46. The molecule has 0 radical (unpaired) electrons. The summed E-state index contributed by atoms with van der Waals surface area (Å²) in [6, 6.07) is 17.3. The van der Waals surface area contributed by atoms with E-state index in [9.17, 15) is 9.59 Å². The van der Waals surface area contributed by atoms with Crippen LogP contribution in [0.3, 0.4) is 0 Å². The lowest BCUT2D eigenvalue weighted by atomic mass is 10.0. The van der Waals surface area contributed by atoms with E-state index in [0.717, 1.165) is 29.7 Å². The average molecular weight is 412 g/mol. The van der Waals surface area contributed by atoms with Gasteiger partial charge in [-0.1, -0.05) is 32.0 Å². The summed E-state index contributed by atoms with van der Waals surface area (Å²) >= 11 is 0. The van der Waals surface area contributed by atoms with Gasteiger partial charge in [-0.25, -0.2) is 0 Å². The van der Waals surface area contributed by atoms with Crippen molar-refractivity contribution in [2.75, 3.05) is 13.1 Å². The Balaban J connectivity index is 1.78. The topological polar surface area (TPSA) is 69.0 Å². The van der Waals surface area contributed by atoms with Crippen molar-refractivity contribution in [3.05, 3.63) is 80.6 Å². The summed E-state index contributed by atoms with van der Waals surface area (Å²) in [6.45, 7) is 8.43. The van der Waals surface area contributed by atoms with Crippen LogP contribution >= 0.6 is 0 Å². The Labute approximate surface area is 179 Å². The monoisotopic (exact) mass is 411 g/mol. The highest BCUT2D eigenvalue weighted by Gasteiger charge is 2.15. The number of aromatic amines is 2. The SMILES string of the molecule is CCN(CC)C(C)c1ccc2c(=O)c3cc4[nH]c5ccccc5c(=O)c4cc3[nH]c2c1. The molecule has 5 aromatic rings. The van der Waals surface area contributed by atoms with Crippen molar-refractivity contribution in [3.63, 3.8) is 0 Å². The zero-order chi connectivity index (χ0) is 21.7. The summed E-state index contributed by atoms with van der Waals surface area (Å²) in [7, 11) is 0. The number of para-hydroxylation sites is 1. The quantitative estimate of drug-likeness (QED) is 0.405. The first-order chi connectivity index (χ1) is 15.0. The van der Waals surface area contributed by atoms with Crippen LogP contribution in [0.4, 0.5) is 0 Å². The Morgan fingerprint density at radius 1 is 0.710 bits per heavy atom. The summed E-state index contributed by atoms with van der Waals surface area (Å²) in [5.74, 6) is 0. The van der Waals surface area contributed by atoms with Crippen molar-refractivity contribution >= 4 is 43.6 Å². The molecule has 31 heavy (non-hydrogen) atoms. The van der Waals surface area contributed by atoms with Crippen molar-refractivity contribution in [1.82, 2.24) is 14.9 Å². The third-order valence-electron chi connectivity index (χ3n) is 6.49. The van der Waals surface area contributed by atoms with Gasteiger partial charge < -0.3 is 9.97 Å². The number of hydrogen-bond donors (Lipinski definition) is 2. The van der Waals surface area contributed by atoms with E-state index in [1.807, 2.05) is 36.4 Å². The second-order valence-electron chi connectivity index (χ2n) is 8.10. The molecule has 0 aliphatic rings. The van der Waals surface area contributed by atoms with E-state index in [-0.39, 0.29) is 16.9 Å². The summed E-state index contributed by atoms with van der Waals surface area (Å²) < 4.78 is 0. The first kappa shape index (κ1) is 19.5. The second-order valence-corrected chi connectivity index (χ2v) is 8.10. The van der Waals surface area contributed by atoms with Crippen molar-refractivity contribution in [2.45, 2.75) is 26.8 Å². The first-order valence-electron chi connectivity index (χ1n) is 10.8. The largest absolute Gasteiger partial charge is 0.354 e. The van der Waals surface area contributed by atoms with Gasteiger partial charge in [0.05, 0.1) is 16.6 Å². The maximum absolute atomic E-state index is 13.3. The van der Waals surface area contributed by atoms with Gasteiger partial charge in [-0.2, -0.15) is 0 Å². The van der Waals surface area contributed by atoms with Crippen molar-refractivity contribution < 1.29 is 0 Å². The molecule has 5 nitrogen and oxygen atoms in total. The molecule has 2 aromatic heterocycles. The van der Waals surface area contributed by atoms with E-state index in [1.54, 1.807) is 12.1 Å². The molecule has 3 aromatic carbocycles. The van der Waals surface area contributed by atoms with Crippen LogP contribution < -0.4 is 10.9 Å². The molecular weight excluding hydrogens is 386 g/mol. The maximum Gasteiger partial charge on any atom is 0.197 e. The van der Waals surface area contributed by atoms with Crippen molar-refractivity contribution in [3.8, 4) is 0 Å². The third-order valence-corrected chi connectivity index (χ3v) is 6.49. The van der Waals surface area contributed by atoms with Crippen molar-refractivity contribution in [2.24, 2.45) is 0 Å². The lowest BCUT2D eigenvalue weighted by Crippen LogP contribution is -2.26. The standard InChI is InChI=1S/C26H25N3O2/c1-4-29(5-2)15(3)16-10-11-18-22(12-16)28-24-14-19-23(13-20(24)26(18)31)27-21-9-7-6-8-17(21)25(19)30/h6-15H,4-5H2,1-3H3,(H,27,30)(H,28,31). The Morgan fingerprint density at radius 3 is 1.90 bits per heavy atom. The Hall–Kier alpha value is -3.44. The fourth-order valence-electron chi connectivity index (χ4n) is 4.66. The molecule has 0 saturated heterocycles. The predicted molar refractivity (Wildman–Crippen MR) is 129 cm³/mol. The number of rotatable bonds is 4. The van der Waals surface area contributed by atoms with Gasteiger partial charge in [0.1, 0.15) is 0 Å². The first-order valence-corrected chi connectivity index (χ1v) is 10.8. The molecule has 0 bridgehead atoms. The number of nitrogens with one attached hydrogen (secondary N) is 2. The van der Waals surface area contributed by atoms with Crippen LogP contribution in [0, 0.1) is 0 Å². The highest BCUT2D eigenvalue weighted by molar-refractivity contribution is 6.02. The van der Waals surface area contributed by atoms with E-state index < -0.39 is 0 Å². The van der Waals surface area contributed by atoms with Gasteiger partial charge in [-0.15, -0.1) is 0 Å². The lowest BCUT2D eigenvalue weighted by Gasteiger charge is -2.26. The van der Waals surface area contributed by atoms with Crippen molar-refractivity contribution in [1.29, 1.82) is 0 Å². The van der Waals surface area contributed by atoms with E-state index in [1.165, 1.54) is 0 Å². The molecule has 156 valence electrons. The van der Waals surface area contributed by atoms with Crippen LogP contribution in [0.15, 0.2) is 64.2 Å². The number of benzene rings is 3. The summed E-state index contributed by atoms with van der Waals surface area (Å²) in [5.41, 5.74) is 4.03. The second kappa shape index (κ2) is 7.36. The fourth-order valence-corrected chi connectivity index (χ4v) is 4.66. The van der Waals surface area contributed by atoms with Gasteiger partial charge in [0.15, 0.2) is 10.9 Å². The Bertz CT molecular complexity index is 1580. The molecule has 2 heterocycles. The van der Waals surface area contributed by atoms with Crippen LogP contribution in [0.2, 0.25) is 0 Å². The van der Waals surface area contributed by atoms with E-state index in [4.69, 9.17) is 0 Å². The molecular formula is C26H25N3O2. The van der Waals surface area contributed by atoms with E-state index >= 15 is 0 Å². The highest BCUT2D eigenvalue weighted by atomic mass is 16.1. The van der Waals surface area contributed by atoms with Gasteiger partial charge in [0, 0.05) is 33.1 Å². The normalized spacial score (nSPS) is 13.0. The van der Waals surface area contributed by atoms with Gasteiger partial charge in [0.25, 0.3) is 0 Å². The minimum absolute atomic E-state index is 0.0262. The van der Waals surface area contributed by atoms with Crippen LogP contribution in [0.1, 0.15) is 32.4 Å². The number of nitrogens with zero attached hydrogens (tertiary/aromatic N) is 1. The molecule has 1 unspecified atom stereocenters. The summed E-state index contributed by atoms with van der Waals surface area (Å²) in [6.07, 6.45) is 0. The lowest BCUT2D eigenvalue weighted by molar-refractivity contribution is 0.234. The van der Waals surface area contributed by atoms with Crippen LogP contribution in [0.5, 0.6) is 0 Å². The molecule has 5 heteroatoms. The van der Waals surface area contributed by atoms with Gasteiger partial charge in [-0.05, 0) is 62.0 Å². The molecule has 0 aliphatic heterocycles. The molecule has 2 N–H and O–H groups in total. The van der Waals surface area contributed by atoms with E-state index in [2.05, 4.69) is 41.7 Å². The molecule has 1 atom stereocenters. The minimum Gasteiger partial charge on any atom is -0.354 e. The van der Waals surface area contributed by atoms with Gasteiger partial charge >= 0.3 is 0 Å². The zero-order valence-electron chi connectivity index (χ0n) is 18.0. The number of fused-ring (bicyclic) bond motifs is 4. The minimum atomic E-state index is -0.0314. The molecule has 0 aliphatic carbocycles. The number of pyridine rings is 2. The number of H-pyrrole nitrogens is 2. The molecule has 0 fully saturated rings. The molecule has 0 amide bonds. The van der Waals surface area contributed by atoms with Crippen LogP contribution in [-0.4, -0.2) is 28.0 Å². The molecule has 0 spiro atoms. The smallest absolute Gasteiger partial charge is 0.197 e. The Morgan fingerprint density at radius 2 is 1.26 bits per heavy atom. The number of aromatic nitrogens is 2. The summed E-state index contributed by atoms with van der Waals surface area (Å²) in [4.78, 5) is 35.4. The van der Waals surface area contributed by atoms with Gasteiger partial charge in [0.2, 0.25) is 0 Å². The van der Waals surface area contributed by atoms with Crippen LogP contribution in [0.25, 0.3) is 43.6 Å². The highest BCUT2D eigenvalue weighted by Crippen LogP contribution is 2.25. The van der Waals surface area contributed by atoms with E-state index in [0.29, 0.717) is 32.6 Å². The maximum atomic E-state index is 13.3. The Kier molecular flexibility index (Phi) is 4.63. The fraction of sp³-hybridized carbons (Fsp3) is 0.231. The third kappa shape index (κ3) is 3.04. The molecule has 0 saturated carbocycles. The number of hydrogen-bond acceptors (Lipinski definition) is 3. The average Bonchev–Trinajstić information content (AvgIpc) is 2.79. The zero-order valence-corrected chi connectivity index (χ0v) is 18.0. The van der Waals surface area contributed by atoms with Crippen LogP contribution in [-0.2, 0) is 0 Å².